The van der Waals surface area contributed by atoms with E-state index in [1.807, 2.05) is 32.0 Å². The van der Waals surface area contributed by atoms with Gasteiger partial charge in [0.2, 0.25) is 0 Å². The van der Waals surface area contributed by atoms with Crippen LogP contribution < -0.4 is 10.6 Å². The highest BCUT2D eigenvalue weighted by Gasteiger charge is 2.20. The van der Waals surface area contributed by atoms with Crippen molar-refractivity contribution in [2.24, 2.45) is 0 Å². The Hall–Kier alpha value is -3.11. The normalized spacial score (nSPS) is 13.7. The molecule has 8 heteroatoms. The molecule has 3 aromatic heterocycles. The molecule has 0 atom stereocenters. The van der Waals surface area contributed by atoms with Gasteiger partial charge in [0.1, 0.15) is 23.1 Å². The fourth-order valence-electron chi connectivity index (χ4n) is 3.49. The number of rotatable bonds is 3. The Morgan fingerprint density at radius 2 is 1.89 bits per heavy atom. The van der Waals surface area contributed by atoms with E-state index in [4.69, 9.17) is 22.3 Å². The van der Waals surface area contributed by atoms with E-state index in [0.717, 1.165) is 37.4 Å². The van der Waals surface area contributed by atoms with Gasteiger partial charge in [0.05, 0.1) is 27.8 Å². The maximum atomic E-state index is 9.65. The minimum atomic E-state index is 0.308. The summed E-state index contributed by atoms with van der Waals surface area (Å²) in [5.41, 5.74) is 9.36. The minimum Gasteiger partial charge on any atom is -0.397 e. The number of anilines is 2. The average molecular weight is 394 g/mol. The first-order valence-corrected chi connectivity index (χ1v) is 9.52. The smallest absolute Gasteiger partial charge is 0.156 e. The van der Waals surface area contributed by atoms with Crippen molar-refractivity contribution in [1.82, 2.24) is 19.7 Å². The third-order valence-electron chi connectivity index (χ3n) is 4.98. The summed E-state index contributed by atoms with van der Waals surface area (Å²) in [6, 6.07) is 9.57. The van der Waals surface area contributed by atoms with Crippen LogP contribution in [-0.4, -0.2) is 32.8 Å². The van der Waals surface area contributed by atoms with Crippen molar-refractivity contribution in [3.05, 3.63) is 46.2 Å². The Labute approximate surface area is 168 Å². The quantitative estimate of drug-likeness (QED) is 0.729. The Kier molecular flexibility index (Phi) is 4.65. The molecule has 2 N–H and O–H groups in total. The van der Waals surface area contributed by atoms with E-state index >= 15 is 0 Å². The summed E-state index contributed by atoms with van der Waals surface area (Å²) in [6.45, 7) is 5.67. The maximum absolute atomic E-state index is 9.65. The zero-order valence-corrected chi connectivity index (χ0v) is 16.5. The zero-order chi connectivity index (χ0) is 19.8. The van der Waals surface area contributed by atoms with E-state index in [1.165, 1.54) is 0 Å². The van der Waals surface area contributed by atoms with E-state index in [-0.39, 0.29) is 0 Å². The molecule has 1 aliphatic rings. The summed E-state index contributed by atoms with van der Waals surface area (Å²) in [7, 11) is 0. The summed E-state index contributed by atoms with van der Waals surface area (Å²) in [5, 5.41) is 14.7. The monoisotopic (exact) mass is 393 g/mol. The lowest BCUT2D eigenvalue weighted by molar-refractivity contribution is 0.807. The van der Waals surface area contributed by atoms with Gasteiger partial charge in [-0.15, -0.1) is 0 Å². The molecule has 1 fully saturated rings. The van der Waals surface area contributed by atoms with Crippen LogP contribution in [0.3, 0.4) is 0 Å². The molecule has 0 bridgehead atoms. The highest BCUT2D eigenvalue weighted by atomic mass is 35.5. The molecule has 3 aromatic rings. The minimum absolute atomic E-state index is 0.308. The van der Waals surface area contributed by atoms with Crippen molar-refractivity contribution < 1.29 is 0 Å². The molecule has 4 rings (SSSR count). The van der Waals surface area contributed by atoms with Gasteiger partial charge >= 0.3 is 0 Å². The first kappa shape index (κ1) is 18.3. The summed E-state index contributed by atoms with van der Waals surface area (Å²) in [5.74, 6) is 1.39. The molecule has 1 aliphatic heterocycles. The predicted molar refractivity (Wildman–Crippen MR) is 110 cm³/mol. The van der Waals surface area contributed by atoms with Crippen LogP contribution >= 0.6 is 11.6 Å². The van der Waals surface area contributed by atoms with Gasteiger partial charge in [-0.2, -0.15) is 10.4 Å². The second-order valence-electron chi connectivity index (χ2n) is 6.88. The summed E-state index contributed by atoms with van der Waals surface area (Å²) in [6.07, 6.45) is 2.32. The standard InChI is InChI=1S/C20H20ClN7/c1-12-19(21)13(2)28(26-12)18-10-15(23)14(11-22)20(25-18)16-6-5-7-17(24-16)27-8-3-4-9-27/h5-7,10H,3-4,8-9H2,1-2H3,(H2,23,25). The highest BCUT2D eigenvalue weighted by molar-refractivity contribution is 6.31. The number of nitriles is 1. The van der Waals surface area contributed by atoms with E-state index in [1.54, 1.807) is 10.7 Å². The third kappa shape index (κ3) is 3.06. The second kappa shape index (κ2) is 7.13. The Morgan fingerprint density at radius 3 is 2.54 bits per heavy atom. The molecule has 0 aromatic carbocycles. The van der Waals surface area contributed by atoms with Crippen LogP contribution in [0.15, 0.2) is 24.3 Å². The van der Waals surface area contributed by atoms with E-state index < -0.39 is 0 Å². The molecule has 28 heavy (non-hydrogen) atoms. The Bertz CT molecular complexity index is 1090. The van der Waals surface area contributed by atoms with Crippen LogP contribution in [0.4, 0.5) is 11.5 Å². The second-order valence-corrected chi connectivity index (χ2v) is 7.25. The van der Waals surface area contributed by atoms with Crippen molar-refractivity contribution in [3.63, 3.8) is 0 Å². The number of nitrogen functional groups attached to an aromatic ring is 1. The molecule has 0 unspecified atom stereocenters. The third-order valence-corrected chi connectivity index (χ3v) is 5.52. The lowest BCUT2D eigenvalue weighted by Crippen LogP contribution is -2.19. The van der Waals surface area contributed by atoms with Crippen LogP contribution in [0.1, 0.15) is 29.8 Å². The molecule has 1 saturated heterocycles. The average Bonchev–Trinajstić information content (AvgIpc) is 3.32. The summed E-state index contributed by atoms with van der Waals surface area (Å²) < 4.78 is 1.64. The van der Waals surface area contributed by atoms with Crippen LogP contribution in [0.5, 0.6) is 0 Å². The van der Waals surface area contributed by atoms with Crippen molar-refractivity contribution in [2.45, 2.75) is 26.7 Å². The Morgan fingerprint density at radius 1 is 1.14 bits per heavy atom. The highest BCUT2D eigenvalue weighted by Crippen LogP contribution is 2.30. The van der Waals surface area contributed by atoms with Crippen LogP contribution in [0, 0.1) is 25.2 Å². The number of aryl methyl sites for hydroxylation is 1. The number of nitrogens with two attached hydrogens (primary N) is 1. The molecular formula is C20H20ClN7. The van der Waals surface area contributed by atoms with Gasteiger partial charge in [-0.1, -0.05) is 17.7 Å². The molecule has 0 radical (unpaired) electrons. The van der Waals surface area contributed by atoms with Gasteiger partial charge in [0.15, 0.2) is 5.82 Å². The van der Waals surface area contributed by atoms with Crippen LogP contribution in [0.2, 0.25) is 5.02 Å². The van der Waals surface area contributed by atoms with Crippen molar-refractivity contribution in [3.8, 4) is 23.3 Å². The van der Waals surface area contributed by atoms with E-state index in [0.29, 0.717) is 39.2 Å². The molecule has 4 heterocycles. The van der Waals surface area contributed by atoms with E-state index in [2.05, 4.69) is 21.1 Å². The molecule has 0 saturated carbocycles. The molecular weight excluding hydrogens is 374 g/mol. The summed E-state index contributed by atoms with van der Waals surface area (Å²) in [4.78, 5) is 11.7. The zero-order valence-electron chi connectivity index (χ0n) is 15.8. The van der Waals surface area contributed by atoms with Gasteiger partial charge < -0.3 is 10.6 Å². The number of hydrogen-bond acceptors (Lipinski definition) is 6. The first-order chi connectivity index (χ1) is 13.5. The van der Waals surface area contributed by atoms with Gasteiger partial charge in [0, 0.05) is 19.2 Å². The molecule has 0 amide bonds. The van der Waals surface area contributed by atoms with E-state index in [9.17, 15) is 5.26 Å². The molecule has 0 spiro atoms. The van der Waals surface area contributed by atoms with Gasteiger partial charge in [-0.3, -0.25) is 0 Å². The SMILES string of the molecule is Cc1nn(-c2cc(N)c(C#N)c(-c3cccc(N4CCCC4)n3)n2)c(C)c1Cl. The lowest BCUT2D eigenvalue weighted by atomic mass is 10.1. The molecule has 7 nitrogen and oxygen atoms in total. The van der Waals surface area contributed by atoms with Gasteiger partial charge in [-0.05, 0) is 38.8 Å². The van der Waals surface area contributed by atoms with Crippen molar-refractivity contribution in [2.75, 3.05) is 23.7 Å². The fourth-order valence-corrected chi connectivity index (χ4v) is 3.60. The molecule has 0 aliphatic carbocycles. The van der Waals surface area contributed by atoms with Crippen LogP contribution in [0.25, 0.3) is 17.2 Å². The lowest BCUT2D eigenvalue weighted by Gasteiger charge is -2.17. The topological polar surface area (TPSA) is 96.6 Å². The van der Waals surface area contributed by atoms with Gasteiger partial charge in [0.25, 0.3) is 0 Å². The van der Waals surface area contributed by atoms with Crippen molar-refractivity contribution >= 4 is 23.1 Å². The maximum Gasteiger partial charge on any atom is 0.156 e. The number of pyridine rings is 2. The predicted octanol–water partition coefficient (Wildman–Crippen LogP) is 3.65. The Balaban J connectivity index is 1.87. The number of halogens is 1. The molecule has 142 valence electrons. The largest absolute Gasteiger partial charge is 0.397 e. The van der Waals surface area contributed by atoms with Gasteiger partial charge in [-0.25, -0.2) is 14.6 Å². The first-order valence-electron chi connectivity index (χ1n) is 9.14. The number of nitrogens with zero attached hydrogens (tertiary/aromatic N) is 6. The van der Waals surface area contributed by atoms with Crippen LogP contribution in [-0.2, 0) is 0 Å². The fraction of sp³-hybridized carbons (Fsp3) is 0.300. The summed E-state index contributed by atoms with van der Waals surface area (Å²) >= 11 is 6.28. The van der Waals surface area contributed by atoms with Crippen molar-refractivity contribution in [1.29, 1.82) is 5.26 Å². The number of aromatic nitrogens is 4. The number of hydrogen-bond donors (Lipinski definition) is 1.